The lowest BCUT2D eigenvalue weighted by Gasteiger charge is -2.16. The first kappa shape index (κ1) is 14.8. The van der Waals surface area contributed by atoms with Crippen molar-refractivity contribution in [1.29, 1.82) is 0 Å². The summed E-state index contributed by atoms with van der Waals surface area (Å²) in [6.45, 7) is 1.97. The third-order valence-electron chi connectivity index (χ3n) is 3.14. The van der Waals surface area contributed by atoms with E-state index in [-0.39, 0.29) is 11.8 Å². The zero-order valence-corrected chi connectivity index (χ0v) is 12.2. The van der Waals surface area contributed by atoms with Gasteiger partial charge in [0.05, 0.1) is 14.2 Å². The molecule has 7 nitrogen and oxygen atoms in total. The summed E-state index contributed by atoms with van der Waals surface area (Å²) in [4.78, 5) is 12.0. The number of ether oxygens (including phenoxy) is 2. The molecule has 1 heterocycles. The Labute approximate surface area is 122 Å². The highest BCUT2D eigenvalue weighted by Gasteiger charge is 2.16. The van der Waals surface area contributed by atoms with E-state index < -0.39 is 0 Å². The number of rotatable bonds is 6. The lowest BCUT2D eigenvalue weighted by molar-refractivity contribution is -0.117. The first-order valence-corrected chi connectivity index (χ1v) is 6.50. The molecule has 2 aromatic rings. The van der Waals surface area contributed by atoms with Gasteiger partial charge in [-0.25, -0.2) is 4.68 Å². The minimum atomic E-state index is -0.125. The van der Waals surface area contributed by atoms with Gasteiger partial charge in [0.1, 0.15) is 24.2 Å². The van der Waals surface area contributed by atoms with Gasteiger partial charge in [-0.2, -0.15) is 0 Å². The summed E-state index contributed by atoms with van der Waals surface area (Å²) in [6.07, 6.45) is 3.17. The number of aromatic nitrogens is 3. The number of carbonyl (C=O) groups excluding carboxylic acids is 1. The topological polar surface area (TPSA) is 78.3 Å². The average molecular weight is 290 g/mol. The van der Waals surface area contributed by atoms with Crippen LogP contribution in [-0.4, -0.2) is 35.0 Å². The van der Waals surface area contributed by atoms with Crippen LogP contribution < -0.4 is 14.9 Å². The van der Waals surface area contributed by atoms with Crippen molar-refractivity contribution in [3.63, 3.8) is 0 Å². The number of nitrogens with zero attached hydrogens (tertiary/aromatic N) is 3. The zero-order chi connectivity index (χ0) is 15.2. The van der Waals surface area contributed by atoms with Crippen molar-refractivity contribution < 1.29 is 14.3 Å². The normalized spacial score (nSPS) is 11.8. The number of hydrogen-bond acceptors (Lipinski definition) is 5. The van der Waals surface area contributed by atoms with Crippen LogP contribution in [0.25, 0.3) is 0 Å². The standard InChI is InChI=1S/C14H18N4O3/c1-10(6-14(19)17-18-8-15-16-9-18)12-5-4-11(20-2)7-13(12)21-3/h4-5,7-10H,6H2,1-3H3,(H,17,19). The fourth-order valence-electron chi connectivity index (χ4n) is 2.06. The van der Waals surface area contributed by atoms with Crippen LogP contribution in [0, 0.1) is 0 Å². The van der Waals surface area contributed by atoms with E-state index in [0.717, 1.165) is 11.3 Å². The second-order valence-electron chi connectivity index (χ2n) is 4.62. The first-order valence-electron chi connectivity index (χ1n) is 6.50. The lowest BCUT2D eigenvalue weighted by atomic mass is 9.96. The fraction of sp³-hybridized carbons (Fsp3) is 0.357. The largest absolute Gasteiger partial charge is 0.497 e. The van der Waals surface area contributed by atoms with E-state index in [1.54, 1.807) is 14.2 Å². The molecule has 0 spiro atoms. The highest BCUT2D eigenvalue weighted by atomic mass is 16.5. The van der Waals surface area contributed by atoms with E-state index in [1.165, 1.54) is 17.3 Å². The van der Waals surface area contributed by atoms with Crippen LogP contribution in [0.5, 0.6) is 11.5 Å². The van der Waals surface area contributed by atoms with E-state index >= 15 is 0 Å². The molecule has 0 radical (unpaired) electrons. The van der Waals surface area contributed by atoms with Crippen molar-refractivity contribution in [2.45, 2.75) is 19.3 Å². The summed E-state index contributed by atoms with van der Waals surface area (Å²) in [5.41, 5.74) is 3.63. The zero-order valence-electron chi connectivity index (χ0n) is 12.2. The van der Waals surface area contributed by atoms with Crippen LogP contribution in [-0.2, 0) is 4.79 Å². The minimum Gasteiger partial charge on any atom is -0.497 e. The molecular formula is C14H18N4O3. The maximum atomic E-state index is 12.0. The molecule has 0 bridgehead atoms. The van der Waals surface area contributed by atoms with Crippen LogP contribution in [0.4, 0.5) is 0 Å². The minimum absolute atomic E-state index is 0.00216. The average Bonchev–Trinajstić information content (AvgIpc) is 2.99. The predicted molar refractivity (Wildman–Crippen MR) is 77.0 cm³/mol. The van der Waals surface area contributed by atoms with Crippen LogP contribution in [0.2, 0.25) is 0 Å². The van der Waals surface area contributed by atoms with Crippen LogP contribution in [0.1, 0.15) is 24.8 Å². The highest BCUT2D eigenvalue weighted by molar-refractivity contribution is 5.84. The predicted octanol–water partition coefficient (Wildman–Crippen LogP) is 1.56. The van der Waals surface area contributed by atoms with Gasteiger partial charge in [-0.1, -0.05) is 13.0 Å². The van der Waals surface area contributed by atoms with Crippen LogP contribution in [0.3, 0.4) is 0 Å². The summed E-state index contributed by atoms with van der Waals surface area (Å²) < 4.78 is 11.9. The van der Waals surface area contributed by atoms with Gasteiger partial charge < -0.3 is 9.47 Å². The first-order chi connectivity index (χ1) is 10.1. The van der Waals surface area contributed by atoms with Gasteiger partial charge in [0.2, 0.25) is 5.91 Å². The Bertz CT molecular complexity index is 598. The molecule has 2 rings (SSSR count). The Morgan fingerprint density at radius 2 is 2.00 bits per heavy atom. The molecule has 21 heavy (non-hydrogen) atoms. The van der Waals surface area contributed by atoms with E-state index in [4.69, 9.17) is 9.47 Å². The molecule has 1 N–H and O–H groups in total. The molecule has 0 aliphatic heterocycles. The maximum Gasteiger partial charge on any atom is 0.239 e. The molecule has 0 saturated heterocycles. The Morgan fingerprint density at radius 3 is 2.62 bits per heavy atom. The molecule has 0 aliphatic rings. The van der Waals surface area contributed by atoms with Crippen LogP contribution in [0.15, 0.2) is 30.9 Å². The summed E-state index contributed by atoms with van der Waals surface area (Å²) in [7, 11) is 3.20. The molecule has 1 atom stereocenters. The highest BCUT2D eigenvalue weighted by Crippen LogP contribution is 2.32. The monoisotopic (exact) mass is 290 g/mol. The van der Waals surface area contributed by atoms with Gasteiger partial charge in [0.25, 0.3) is 0 Å². The smallest absolute Gasteiger partial charge is 0.239 e. The third-order valence-corrected chi connectivity index (χ3v) is 3.14. The van der Waals surface area contributed by atoms with E-state index in [2.05, 4.69) is 15.6 Å². The molecule has 7 heteroatoms. The molecule has 112 valence electrons. The van der Waals surface area contributed by atoms with E-state index in [0.29, 0.717) is 12.2 Å². The molecule has 1 aromatic heterocycles. The van der Waals surface area contributed by atoms with E-state index in [1.807, 2.05) is 25.1 Å². The molecule has 1 amide bonds. The Hall–Kier alpha value is -2.57. The lowest BCUT2D eigenvalue weighted by Crippen LogP contribution is -2.22. The Kier molecular flexibility index (Phi) is 4.76. The quantitative estimate of drug-likeness (QED) is 0.873. The molecule has 1 unspecified atom stereocenters. The summed E-state index contributed by atoms with van der Waals surface area (Å²) in [5.74, 6) is 1.30. The Balaban J connectivity index is 2.05. The number of benzene rings is 1. The van der Waals surface area contributed by atoms with Crippen molar-refractivity contribution in [2.75, 3.05) is 19.6 Å². The van der Waals surface area contributed by atoms with Gasteiger partial charge in [0, 0.05) is 12.5 Å². The van der Waals surface area contributed by atoms with Crippen molar-refractivity contribution in [3.05, 3.63) is 36.4 Å². The maximum absolute atomic E-state index is 12.0. The van der Waals surface area contributed by atoms with E-state index in [9.17, 15) is 4.79 Å². The number of nitrogens with one attached hydrogen (secondary N) is 1. The number of hydrogen-bond donors (Lipinski definition) is 1. The summed E-state index contributed by atoms with van der Waals surface area (Å²) >= 11 is 0. The summed E-state index contributed by atoms with van der Waals surface area (Å²) in [6, 6.07) is 5.57. The number of amides is 1. The molecule has 0 saturated carbocycles. The number of carbonyl (C=O) groups is 1. The summed E-state index contributed by atoms with van der Waals surface area (Å²) in [5, 5.41) is 7.25. The van der Waals surface area contributed by atoms with Crippen molar-refractivity contribution in [2.24, 2.45) is 0 Å². The molecular weight excluding hydrogens is 272 g/mol. The van der Waals surface area contributed by atoms with Crippen molar-refractivity contribution in [1.82, 2.24) is 14.9 Å². The van der Waals surface area contributed by atoms with Gasteiger partial charge in [-0.15, -0.1) is 10.2 Å². The molecule has 0 fully saturated rings. The van der Waals surface area contributed by atoms with Crippen molar-refractivity contribution in [3.8, 4) is 11.5 Å². The van der Waals surface area contributed by atoms with Gasteiger partial charge in [-0.3, -0.25) is 10.2 Å². The SMILES string of the molecule is COc1ccc(C(C)CC(=O)Nn2cnnc2)c(OC)c1. The molecule has 1 aromatic carbocycles. The third kappa shape index (κ3) is 3.71. The second kappa shape index (κ2) is 6.74. The van der Waals surface area contributed by atoms with Crippen molar-refractivity contribution >= 4 is 5.91 Å². The number of methoxy groups -OCH3 is 2. The van der Waals surface area contributed by atoms with Gasteiger partial charge in [-0.05, 0) is 17.5 Å². The van der Waals surface area contributed by atoms with Crippen LogP contribution >= 0.6 is 0 Å². The fourth-order valence-corrected chi connectivity index (χ4v) is 2.06. The Morgan fingerprint density at radius 1 is 1.29 bits per heavy atom. The second-order valence-corrected chi connectivity index (χ2v) is 4.62. The van der Waals surface area contributed by atoms with Gasteiger partial charge >= 0.3 is 0 Å². The molecule has 0 aliphatic carbocycles. The van der Waals surface area contributed by atoms with Gasteiger partial charge in [0.15, 0.2) is 0 Å².